The molecule has 1 aromatic heterocycles. The normalized spacial score (nSPS) is 15.2. The summed E-state index contributed by atoms with van der Waals surface area (Å²) in [4.78, 5) is 41.9. The number of esters is 2. The van der Waals surface area contributed by atoms with Gasteiger partial charge >= 0.3 is 11.9 Å². The van der Waals surface area contributed by atoms with Gasteiger partial charge in [-0.3, -0.25) is 9.36 Å². The molecule has 0 atom stereocenters. The number of aromatic nitrogens is 1. The summed E-state index contributed by atoms with van der Waals surface area (Å²) in [5, 5.41) is 0. The number of nitrogens with zero attached hydrogens (tertiary/aromatic N) is 2. The van der Waals surface area contributed by atoms with Crippen LogP contribution in [0, 0.1) is 0 Å². The predicted octanol–water partition coefficient (Wildman–Crippen LogP) is 3.61. The summed E-state index contributed by atoms with van der Waals surface area (Å²) in [6.45, 7) is 2.06. The van der Waals surface area contributed by atoms with Crippen molar-refractivity contribution in [3.05, 3.63) is 55.9 Å². The Balaban J connectivity index is 2.07. The van der Waals surface area contributed by atoms with Crippen LogP contribution in [0.2, 0.25) is 0 Å². The van der Waals surface area contributed by atoms with Crippen molar-refractivity contribution in [3.63, 3.8) is 0 Å². The second kappa shape index (κ2) is 9.65. The second-order valence-electron chi connectivity index (χ2n) is 6.76. The summed E-state index contributed by atoms with van der Waals surface area (Å²) < 4.78 is 11.5. The van der Waals surface area contributed by atoms with Gasteiger partial charge in [0.05, 0.1) is 25.0 Å². The van der Waals surface area contributed by atoms with E-state index in [9.17, 15) is 14.4 Å². The van der Waals surface area contributed by atoms with Crippen molar-refractivity contribution in [1.29, 1.82) is 0 Å². The van der Waals surface area contributed by atoms with Crippen LogP contribution in [0.1, 0.15) is 65.1 Å². The molecule has 154 valence electrons. The minimum absolute atomic E-state index is 0.0664. The summed E-state index contributed by atoms with van der Waals surface area (Å²) in [6.07, 6.45) is 5.11. The third-order valence-electron chi connectivity index (χ3n) is 4.83. The fourth-order valence-corrected chi connectivity index (χ4v) is 4.41. The molecule has 29 heavy (non-hydrogen) atoms. The highest BCUT2D eigenvalue weighted by atomic mass is 32.1. The van der Waals surface area contributed by atoms with Gasteiger partial charge in [-0.05, 0) is 44.0 Å². The first-order valence-corrected chi connectivity index (χ1v) is 10.5. The average molecular weight is 416 g/mol. The minimum atomic E-state index is -0.558. The number of methoxy groups -OCH3 is 1. The van der Waals surface area contributed by atoms with Crippen molar-refractivity contribution in [1.82, 2.24) is 4.57 Å². The Bertz CT molecular complexity index is 1000. The monoisotopic (exact) mass is 416 g/mol. The SMILES string of the molecule is CCOC(=O)c1ccc(N=c2sc(C(=O)OC)cc(=O)n2C2CCCCC2)cc1. The first-order valence-electron chi connectivity index (χ1n) is 9.70. The molecule has 0 unspecified atom stereocenters. The molecule has 0 bridgehead atoms. The molecular weight excluding hydrogens is 392 g/mol. The first kappa shape index (κ1) is 21.0. The minimum Gasteiger partial charge on any atom is -0.465 e. The van der Waals surface area contributed by atoms with E-state index in [-0.39, 0.29) is 16.5 Å². The molecule has 8 heteroatoms. The Morgan fingerprint density at radius 1 is 1.14 bits per heavy atom. The molecule has 7 nitrogen and oxygen atoms in total. The third kappa shape index (κ3) is 5.00. The quantitative estimate of drug-likeness (QED) is 0.695. The highest BCUT2D eigenvalue weighted by Crippen LogP contribution is 2.26. The Hall–Kier alpha value is -2.74. The molecule has 0 radical (unpaired) electrons. The average Bonchev–Trinajstić information content (AvgIpc) is 2.74. The Labute approximate surface area is 172 Å². The van der Waals surface area contributed by atoms with Crippen LogP contribution < -0.4 is 10.4 Å². The van der Waals surface area contributed by atoms with Crippen molar-refractivity contribution >= 4 is 29.0 Å². The second-order valence-corrected chi connectivity index (χ2v) is 7.77. The molecule has 1 fully saturated rings. The summed E-state index contributed by atoms with van der Waals surface area (Å²) in [7, 11) is 1.28. The molecule has 0 saturated heterocycles. The predicted molar refractivity (Wildman–Crippen MR) is 110 cm³/mol. The maximum atomic E-state index is 12.8. The number of carbonyl (C=O) groups excluding carboxylic acids is 2. The molecule has 0 amide bonds. The van der Waals surface area contributed by atoms with E-state index in [4.69, 9.17) is 9.47 Å². The third-order valence-corrected chi connectivity index (χ3v) is 5.80. The van der Waals surface area contributed by atoms with Crippen molar-refractivity contribution < 1.29 is 19.1 Å². The molecule has 1 aliphatic carbocycles. The van der Waals surface area contributed by atoms with Gasteiger partial charge in [0, 0.05) is 12.1 Å². The van der Waals surface area contributed by atoms with Crippen LogP contribution in [-0.2, 0) is 9.47 Å². The van der Waals surface area contributed by atoms with E-state index in [1.165, 1.54) is 13.2 Å². The van der Waals surface area contributed by atoms with Crippen molar-refractivity contribution in [2.45, 2.75) is 45.1 Å². The lowest BCUT2D eigenvalue weighted by molar-refractivity contribution is 0.0525. The van der Waals surface area contributed by atoms with Crippen LogP contribution >= 0.6 is 11.3 Å². The summed E-state index contributed by atoms with van der Waals surface area (Å²) in [6, 6.07) is 8.05. The molecule has 0 spiro atoms. The highest BCUT2D eigenvalue weighted by Gasteiger charge is 2.20. The van der Waals surface area contributed by atoms with Gasteiger partial charge in [0.1, 0.15) is 4.88 Å². The van der Waals surface area contributed by atoms with Crippen LogP contribution in [0.15, 0.2) is 40.1 Å². The first-order chi connectivity index (χ1) is 14.0. The van der Waals surface area contributed by atoms with Gasteiger partial charge < -0.3 is 9.47 Å². The zero-order chi connectivity index (χ0) is 20.8. The molecule has 3 rings (SSSR count). The van der Waals surface area contributed by atoms with Gasteiger partial charge in [0.15, 0.2) is 4.80 Å². The van der Waals surface area contributed by atoms with Crippen LogP contribution in [0.5, 0.6) is 0 Å². The maximum absolute atomic E-state index is 12.8. The van der Waals surface area contributed by atoms with Gasteiger partial charge in [-0.2, -0.15) is 0 Å². The van der Waals surface area contributed by atoms with Gasteiger partial charge in [-0.1, -0.05) is 30.6 Å². The van der Waals surface area contributed by atoms with Crippen molar-refractivity contribution in [3.8, 4) is 0 Å². The number of hydrogen-bond acceptors (Lipinski definition) is 7. The van der Waals surface area contributed by atoms with Gasteiger partial charge in [-0.15, -0.1) is 0 Å². The maximum Gasteiger partial charge on any atom is 0.348 e. The molecule has 1 saturated carbocycles. The van der Waals surface area contributed by atoms with Crippen LogP contribution in [0.25, 0.3) is 0 Å². The number of carbonyl (C=O) groups is 2. The fourth-order valence-electron chi connectivity index (χ4n) is 3.40. The number of ether oxygens (including phenoxy) is 2. The molecule has 2 aromatic rings. The largest absolute Gasteiger partial charge is 0.465 e. The van der Waals surface area contributed by atoms with Gasteiger partial charge in [0.25, 0.3) is 5.56 Å². The van der Waals surface area contributed by atoms with E-state index in [0.29, 0.717) is 22.7 Å². The van der Waals surface area contributed by atoms with Crippen LogP contribution in [0.4, 0.5) is 5.69 Å². The standard InChI is InChI=1S/C21H24N2O5S/c1-3-28-19(25)14-9-11-15(12-10-14)22-21-23(16-7-5-4-6-8-16)18(24)13-17(29-21)20(26)27-2/h9-13,16H,3-8H2,1-2H3. The number of hydrogen-bond donors (Lipinski definition) is 0. The Morgan fingerprint density at radius 2 is 1.83 bits per heavy atom. The smallest absolute Gasteiger partial charge is 0.348 e. The van der Waals surface area contributed by atoms with Crippen LogP contribution in [-0.4, -0.2) is 30.2 Å². The highest BCUT2D eigenvalue weighted by molar-refractivity contribution is 7.11. The summed E-state index contributed by atoms with van der Waals surface area (Å²) in [5.41, 5.74) is 0.765. The van der Waals surface area contributed by atoms with E-state index in [2.05, 4.69) is 4.99 Å². The molecular formula is C21H24N2O5S. The molecule has 0 aliphatic heterocycles. The molecule has 0 N–H and O–H groups in total. The van der Waals surface area contributed by atoms with E-state index in [1.807, 2.05) is 0 Å². The topological polar surface area (TPSA) is 87.0 Å². The van der Waals surface area contributed by atoms with Gasteiger partial charge in [-0.25, -0.2) is 14.6 Å². The van der Waals surface area contributed by atoms with Crippen molar-refractivity contribution in [2.24, 2.45) is 4.99 Å². The van der Waals surface area contributed by atoms with Crippen LogP contribution in [0.3, 0.4) is 0 Å². The molecule has 1 aliphatic rings. The summed E-state index contributed by atoms with van der Waals surface area (Å²) in [5.74, 6) is -0.953. The lowest BCUT2D eigenvalue weighted by Gasteiger charge is -2.23. The Kier molecular flexibility index (Phi) is 6.98. The number of rotatable bonds is 5. The zero-order valence-electron chi connectivity index (χ0n) is 16.6. The van der Waals surface area contributed by atoms with E-state index in [1.54, 1.807) is 35.8 Å². The fraction of sp³-hybridized carbons (Fsp3) is 0.429. The lowest BCUT2D eigenvalue weighted by Crippen LogP contribution is -2.36. The van der Waals surface area contributed by atoms with E-state index < -0.39 is 11.9 Å². The van der Waals surface area contributed by atoms with Gasteiger partial charge in [0.2, 0.25) is 0 Å². The molecule has 1 aromatic carbocycles. The Morgan fingerprint density at radius 3 is 2.45 bits per heavy atom. The summed E-state index contributed by atoms with van der Waals surface area (Å²) >= 11 is 1.13. The zero-order valence-corrected chi connectivity index (χ0v) is 17.4. The lowest BCUT2D eigenvalue weighted by atomic mass is 9.95. The van der Waals surface area contributed by atoms with E-state index >= 15 is 0 Å². The molecule has 1 heterocycles. The van der Waals surface area contributed by atoms with Crippen molar-refractivity contribution in [2.75, 3.05) is 13.7 Å². The van der Waals surface area contributed by atoms with E-state index in [0.717, 1.165) is 43.4 Å². The number of benzene rings is 1.